The molecule has 1 fully saturated rings. The third-order valence-corrected chi connectivity index (χ3v) is 3.78. The minimum atomic E-state index is 0.217. The largest absolute Gasteiger partial charge is 0.507 e. The molecule has 1 aromatic heterocycles. The molecule has 2 heterocycles. The number of benzene rings is 1. The van der Waals surface area contributed by atoms with Crippen LogP contribution in [0.5, 0.6) is 5.75 Å². The number of aryl methyl sites for hydroxylation is 1. The molecule has 5 heteroatoms. The molecule has 110 valence electrons. The van der Waals surface area contributed by atoms with Crippen LogP contribution in [0, 0.1) is 0 Å². The predicted molar refractivity (Wildman–Crippen MR) is 83.6 cm³/mol. The third-order valence-electron chi connectivity index (χ3n) is 3.78. The van der Waals surface area contributed by atoms with E-state index < -0.39 is 0 Å². The molecule has 1 saturated heterocycles. The van der Waals surface area contributed by atoms with Crippen molar-refractivity contribution in [3.63, 3.8) is 0 Å². The van der Waals surface area contributed by atoms with Crippen LogP contribution in [-0.4, -0.2) is 41.3 Å². The number of aromatic hydroxyl groups is 1. The maximum Gasteiger partial charge on any atom is 0.163 e. The molecule has 0 aliphatic carbocycles. The molecule has 0 amide bonds. The lowest BCUT2D eigenvalue weighted by Gasteiger charge is -2.30. The first-order valence-corrected chi connectivity index (χ1v) is 7.39. The Labute approximate surface area is 124 Å². The molecule has 0 unspecified atom stereocenters. The van der Waals surface area contributed by atoms with Gasteiger partial charge in [-0.2, -0.15) is 0 Å². The summed E-state index contributed by atoms with van der Waals surface area (Å²) in [4.78, 5) is 11.4. The quantitative estimate of drug-likeness (QED) is 0.900. The van der Waals surface area contributed by atoms with Gasteiger partial charge in [0.25, 0.3) is 0 Å². The van der Waals surface area contributed by atoms with E-state index in [2.05, 4.69) is 27.1 Å². The van der Waals surface area contributed by atoms with Crippen molar-refractivity contribution >= 4 is 5.69 Å². The molecule has 0 radical (unpaired) electrons. The lowest BCUT2D eigenvalue weighted by atomic mass is 10.1. The Morgan fingerprint density at radius 2 is 2.00 bits per heavy atom. The van der Waals surface area contributed by atoms with Crippen molar-refractivity contribution in [3.8, 4) is 17.1 Å². The zero-order valence-corrected chi connectivity index (χ0v) is 12.2. The van der Waals surface area contributed by atoms with Crippen molar-refractivity contribution in [1.29, 1.82) is 0 Å². The Bertz CT molecular complexity index is 623. The number of nitrogens with one attached hydrogen (secondary N) is 1. The Morgan fingerprint density at radius 1 is 1.24 bits per heavy atom. The number of hydrogen-bond donors (Lipinski definition) is 2. The van der Waals surface area contributed by atoms with Crippen molar-refractivity contribution in [1.82, 2.24) is 15.3 Å². The van der Waals surface area contributed by atoms with Crippen LogP contribution in [0.25, 0.3) is 11.4 Å². The minimum absolute atomic E-state index is 0.217. The first-order chi connectivity index (χ1) is 10.3. The van der Waals surface area contributed by atoms with E-state index in [1.54, 1.807) is 12.1 Å². The SMILES string of the molecule is CCc1nc(-c2ccccc2O)ncc1N1CCNCC1. The summed E-state index contributed by atoms with van der Waals surface area (Å²) in [5.41, 5.74) is 2.82. The van der Waals surface area contributed by atoms with E-state index >= 15 is 0 Å². The second kappa shape index (κ2) is 6.10. The number of rotatable bonds is 3. The van der Waals surface area contributed by atoms with E-state index in [4.69, 9.17) is 0 Å². The fourth-order valence-electron chi connectivity index (χ4n) is 2.63. The number of phenolic OH excluding ortho intramolecular Hbond substituents is 1. The molecule has 5 nitrogen and oxygen atoms in total. The van der Waals surface area contributed by atoms with E-state index in [1.165, 1.54) is 0 Å². The second-order valence-corrected chi connectivity index (χ2v) is 5.13. The average molecular weight is 284 g/mol. The van der Waals surface area contributed by atoms with Gasteiger partial charge in [0.1, 0.15) is 5.75 Å². The minimum Gasteiger partial charge on any atom is -0.507 e. The van der Waals surface area contributed by atoms with Crippen LogP contribution in [0.1, 0.15) is 12.6 Å². The molecule has 0 atom stereocenters. The van der Waals surface area contributed by atoms with Crippen molar-refractivity contribution in [2.24, 2.45) is 0 Å². The standard InChI is InChI=1S/C16H20N4O/c1-2-13-14(20-9-7-17-8-10-20)11-18-16(19-13)12-5-3-4-6-15(12)21/h3-6,11,17,21H,2,7-10H2,1H3. The van der Waals surface area contributed by atoms with E-state index in [0.29, 0.717) is 11.4 Å². The maximum absolute atomic E-state index is 9.95. The summed E-state index contributed by atoms with van der Waals surface area (Å²) in [6.07, 6.45) is 2.74. The summed E-state index contributed by atoms with van der Waals surface area (Å²) in [6.45, 7) is 6.04. The van der Waals surface area contributed by atoms with Crippen LogP contribution in [-0.2, 0) is 6.42 Å². The number of anilines is 1. The summed E-state index contributed by atoms with van der Waals surface area (Å²) < 4.78 is 0. The molecule has 21 heavy (non-hydrogen) atoms. The van der Waals surface area contributed by atoms with Gasteiger partial charge < -0.3 is 15.3 Å². The highest BCUT2D eigenvalue weighted by Gasteiger charge is 2.16. The molecule has 0 saturated carbocycles. The molecular weight excluding hydrogens is 264 g/mol. The summed E-state index contributed by atoms with van der Waals surface area (Å²) in [7, 11) is 0. The van der Waals surface area contributed by atoms with E-state index in [-0.39, 0.29) is 5.75 Å². The number of hydrogen-bond acceptors (Lipinski definition) is 5. The third kappa shape index (κ3) is 2.83. The van der Waals surface area contributed by atoms with Gasteiger partial charge in [0.2, 0.25) is 0 Å². The normalized spacial score (nSPS) is 15.2. The Hall–Kier alpha value is -2.14. The van der Waals surface area contributed by atoms with Crippen molar-refractivity contribution in [2.75, 3.05) is 31.1 Å². The van der Waals surface area contributed by atoms with Crippen LogP contribution in [0.4, 0.5) is 5.69 Å². The predicted octanol–water partition coefficient (Wildman–Crippen LogP) is 1.82. The molecule has 1 aliphatic heterocycles. The van der Waals surface area contributed by atoms with Gasteiger partial charge in [-0.05, 0) is 18.6 Å². The number of phenols is 1. The summed E-state index contributed by atoms with van der Waals surface area (Å²) >= 11 is 0. The van der Waals surface area contributed by atoms with E-state index in [1.807, 2.05) is 18.3 Å². The van der Waals surface area contributed by atoms with Crippen LogP contribution >= 0.6 is 0 Å². The summed E-state index contributed by atoms with van der Waals surface area (Å²) in [5, 5.41) is 13.3. The second-order valence-electron chi connectivity index (χ2n) is 5.13. The molecule has 1 aliphatic rings. The van der Waals surface area contributed by atoms with Gasteiger partial charge in [-0.25, -0.2) is 9.97 Å². The fourth-order valence-corrected chi connectivity index (χ4v) is 2.63. The highest BCUT2D eigenvalue weighted by Crippen LogP contribution is 2.28. The van der Waals surface area contributed by atoms with Gasteiger partial charge in [-0.1, -0.05) is 19.1 Å². The highest BCUT2D eigenvalue weighted by molar-refractivity contribution is 5.65. The van der Waals surface area contributed by atoms with Crippen molar-refractivity contribution in [3.05, 3.63) is 36.2 Å². The highest BCUT2D eigenvalue weighted by atomic mass is 16.3. The molecule has 0 bridgehead atoms. The number of para-hydroxylation sites is 1. The monoisotopic (exact) mass is 284 g/mol. The van der Waals surface area contributed by atoms with Gasteiger partial charge in [0.05, 0.1) is 23.1 Å². The molecule has 2 aromatic rings. The Balaban J connectivity index is 1.97. The van der Waals surface area contributed by atoms with Gasteiger partial charge in [-0.15, -0.1) is 0 Å². The molecule has 2 N–H and O–H groups in total. The molecular formula is C16H20N4O. The van der Waals surface area contributed by atoms with Gasteiger partial charge in [0, 0.05) is 26.2 Å². The molecule has 3 rings (SSSR count). The smallest absolute Gasteiger partial charge is 0.163 e. The van der Waals surface area contributed by atoms with Gasteiger partial charge in [-0.3, -0.25) is 0 Å². The number of nitrogens with zero attached hydrogens (tertiary/aromatic N) is 3. The van der Waals surface area contributed by atoms with Gasteiger partial charge >= 0.3 is 0 Å². The van der Waals surface area contributed by atoms with Crippen LogP contribution < -0.4 is 10.2 Å². The lowest BCUT2D eigenvalue weighted by molar-refractivity contribution is 0.477. The Kier molecular flexibility index (Phi) is 4.01. The lowest BCUT2D eigenvalue weighted by Crippen LogP contribution is -2.44. The number of aromatic nitrogens is 2. The van der Waals surface area contributed by atoms with Crippen LogP contribution in [0.15, 0.2) is 30.5 Å². The first-order valence-electron chi connectivity index (χ1n) is 7.39. The average Bonchev–Trinajstić information content (AvgIpc) is 2.55. The van der Waals surface area contributed by atoms with E-state index in [9.17, 15) is 5.11 Å². The van der Waals surface area contributed by atoms with Crippen LogP contribution in [0.2, 0.25) is 0 Å². The fraction of sp³-hybridized carbons (Fsp3) is 0.375. The number of piperazine rings is 1. The van der Waals surface area contributed by atoms with Crippen molar-refractivity contribution < 1.29 is 5.11 Å². The van der Waals surface area contributed by atoms with E-state index in [0.717, 1.165) is 44.0 Å². The zero-order valence-electron chi connectivity index (χ0n) is 12.2. The molecule has 1 aromatic carbocycles. The molecule has 0 spiro atoms. The summed E-state index contributed by atoms with van der Waals surface area (Å²) in [6, 6.07) is 7.19. The Morgan fingerprint density at radius 3 is 2.71 bits per heavy atom. The first kappa shape index (κ1) is 13.8. The maximum atomic E-state index is 9.95. The topological polar surface area (TPSA) is 61.3 Å². The summed E-state index contributed by atoms with van der Waals surface area (Å²) in [5.74, 6) is 0.804. The van der Waals surface area contributed by atoms with Crippen LogP contribution in [0.3, 0.4) is 0 Å². The van der Waals surface area contributed by atoms with Gasteiger partial charge in [0.15, 0.2) is 5.82 Å². The van der Waals surface area contributed by atoms with Crippen molar-refractivity contribution in [2.45, 2.75) is 13.3 Å². The zero-order chi connectivity index (χ0) is 14.7.